The van der Waals surface area contributed by atoms with Crippen molar-refractivity contribution in [3.8, 4) is 0 Å². The number of aliphatic hydroxyl groups excluding tert-OH is 1. The number of carbonyl (C=O) groups excluding carboxylic acids is 1. The van der Waals surface area contributed by atoms with E-state index >= 15 is 0 Å². The molecule has 15 heavy (non-hydrogen) atoms. The van der Waals surface area contributed by atoms with Crippen LogP contribution < -0.4 is 0 Å². The van der Waals surface area contributed by atoms with Crippen LogP contribution in [0.1, 0.15) is 26.7 Å². The summed E-state index contributed by atoms with van der Waals surface area (Å²) in [5, 5.41) is 9.83. The topological polar surface area (TPSA) is 53.1 Å². The van der Waals surface area contributed by atoms with Crippen LogP contribution in [-0.2, 0) is 9.53 Å². The van der Waals surface area contributed by atoms with Crippen molar-refractivity contribution in [2.75, 3.05) is 13.2 Å². The van der Waals surface area contributed by atoms with Crippen LogP contribution in [0.3, 0.4) is 0 Å². The van der Waals surface area contributed by atoms with E-state index in [-0.39, 0.29) is 12.0 Å². The molecule has 1 heterocycles. The number of hydrogen-bond donors (Lipinski definition) is 1. The standard InChI is InChI=1S/C11H19NO3/c1-4-5-6-12(10(13)8(2)3)11(14)9-7-15-9/h9,11,14H,2,4-7H2,1,3H3. The van der Waals surface area contributed by atoms with E-state index < -0.39 is 6.23 Å². The molecule has 86 valence electrons. The van der Waals surface area contributed by atoms with Crippen molar-refractivity contribution in [1.82, 2.24) is 4.90 Å². The second-order valence-corrected chi connectivity index (χ2v) is 3.92. The predicted octanol–water partition coefficient (Wildman–Crippen LogP) is 0.908. The van der Waals surface area contributed by atoms with E-state index in [9.17, 15) is 9.90 Å². The summed E-state index contributed by atoms with van der Waals surface area (Å²) < 4.78 is 4.99. The maximum absolute atomic E-state index is 11.7. The van der Waals surface area contributed by atoms with Gasteiger partial charge in [0, 0.05) is 12.1 Å². The van der Waals surface area contributed by atoms with Gasteiger partial charge in [0.2, 0.25) is 0 Å². The second-order valence-electron chi connectivity index (χ2n) is 3.92. The molecule has 0 bridgehead atoms. The van der Waals surface area contributed by atoms with E-state index in [2.05, 4.69) is 6.58 Å². The Balaban J connectivity index is 2.58. The molecule has 0 saturated carbocycles. The highest BCUT2D eigenvalue weighted by molar-refractivity contribution is 5.92. The lowest BCUT2D eigenvalue weighted by Crippen LogP contribution is -2.44. The second kappa shape index (κ2) is 5.28. The van der Waals surface area contributed by atoms with E-state index in [1.807, 2.05) is 6.92 Å². The molecule has 1 fully saturated rings. The first-order valence-corrected chi connectivity index (χ1v) is 5.34. The highest BCUT2D eigenvalue weighted by Gasteiger charge is 2.37. The first kappa shape index (κ1) is 12.2. The van der Waals surface area contributed by atoms with Crippen molar-refractivity contribution in [3.05, 3.63) is 12.2 Å². The Morgan fingerprint density at radius 3 is 2.73 bits per heavy atom. The van der Waals surface area contributed by atoms with Gasteiger partial charge in [-0.05, 0) is 13.3 Å². The fourth-order valence-electron chi connectivity index (χ4n) is 1.36. The lowest BCUT2D eigenvalue weighted by molar-refractivity contribution is -0.138. The molecule has 1 amide bonds. The minimum atomic E-state index is -0.819. The molecule has 0 aromatic rings. The third kappa shape index (κ3) is 3.32. The molecule has 4 heteroatoms. The van der Waals surface area contributed by atoms with E-state index in [0.29, 0.717) is 18.7 Å². The van der Waals surface area contributed by atoms with Gasteiger partial charge in [0.1, 0.15) is 6.10 Å². The molecule has 1 aliphatic heterocycles. The highest BCUT2D eigenvalue weighted by atomic mass is 16.6. The molecule has 0 spiro atoms. The Morgan fingerprint density at radius 1 is 1.73 bits per heavy atom. The van der Waals surface area contributed by atoms with Gasteiger partial charge >= 0.3 is 0 Å². The van der Waals surface area contributed by atoms with Crippen LogP contribution in [0, 0.1) is 0 Å². The average Bonchev–Trinajstić information content (AvgIpc) is 3.00. The minimum Gasteiger partial charge on any atom is -0.371 e. The molecule has 0 aromatic heterocycles. The van der Waals surface area contributed by atoms with Crippen molar-refractivity contribution in [3.63, 3.8) is 0 Å². The third-order valence-corrected chi connectivity index (χ3v) is 2.39. The van der Waals surface area contributed by atoms with Gasteiger partial charge in [0.15, 0.2) is 6.23 Å². The molecule has 2 atom stereocenters. The van der Waals surface area contributed by atoms with Gasteiger partial charge in [0.25, 0.3) is 5.91 Å². The summed E-state index contributed by atoms with van der Waals surface area (Å²) in [4.78, 5) is 13.2. The zero-order chi connectivity index (χ0) is 11.4. The molecule has 1 aliphatic rings. The number of rotatable bonds is 6. The van der Waals surface area contributed by atoms with Crippen molar-refractivity contribution >= 4 is 5.91 Å². The zero-order valence-electron chi connectivity index (χ0n) is 9.40. The van der Waals surface area contributed by atoms with Gasteiger partial charge in [-0.2, -0.15) is 0 Å². The molecule has 0 aliphatic carbocycles. The maximum atomic E-state index is 11.7. The summed E-state index contributed by atoms with van der Waals surface area (Å²) in [6.45, 7) is 8.40. The number of nitrogens with zero attached hydrogens (tertiary/aromatic N) is 1. The van der Waals surface area contributed by atoms with Crippen LogP contribution in [0.25, 0.3) is 0 Å². The van der Waals surface area contributed by atoms with Crippen LogP contribution in [0.5, 0.6) is 0 Å². The Hall–Kier alpha value is -0.870. The van der Waals surface area contributed by atoms with Crippen molar-refractivity contribution in [2.45, 2.75) is 39.0 Å². The Bertz CT molecular complexity index is 248. The molecule has 1 rings (SSSR count). The molecule has 2 unspecified atom stereocenters. The number of ether oxygens (including phenoxy) is 1. The predicted molar refractivity (Wildman–Crippen MR) is 57.2 cm³/mol. The summed E-state index contributed by atoms with van der Waals surface area (Å²) in [5.74, 6) is -0.188. The highest BCUT2D eigenvalue weighted by Crippen LogP contribution is 2.19. The van der Waals surface area contributed by atoms with Gasteiger partial charge < -0.3 is 14.7 Å². The van der Waals surface area contributed by atoms with E-state index in [4.69, 9.17) is 4.74 Å². The van der Waals surface area contributed by atoms with E-state index in [1.54, 1.807) is 6.92 Å². The monoisotopic (exact) mass is 213 g/mol. The summed E-state index contributed by atoms with van der Waals surface area (Å²) in [6.07, 6.45) is 0.840. The van der Waals surface area contributed by atoms with Crippen molar-refractivity contribution in [2.24, 2.45) is 0 Å². The number of epoxide rings is 1. The minimum absolute atomic E-state index is 0.188. The first-order chi connectivity index (χ1) is 7.07. The van der Waals surface area contributed by atoms with Gasteiger partial charge in [-0.3, -0.25) is 4.79 Å². The number of hydrogen-bond acceptors (Lipinski definition) is 3. The van der Waals surface area contributed by atoms with Crippen molar-refractivity contribution < 1.29 is 14.6 Å². The molecule has 0 aromatic carbocycles. The number of amides is 1. The Kier molecular flexibility index (Phi) is 4.29. The number of carbonyl (C=O) groups is 1. The molecule has 0 radical (unpaired) electrons. The number of unbranched alkanes of at least 4 members (excludes halogenated alkanes) is 1. The molecule has 1 saturated heterocycles. The normalized spacial score (nSPS) is 20.9. The summed E-state index contributed by atoms with van der Waals surface area (Å²) in [5.41, 5.74) is 0.450. The van der Waals surface area contributed by atoms with Crippen LogP contribution in [0.15, 0.2) is 12.2 Å². The van der Waals surface area contributed by atoms with Gasteiger partial charge in [-0.25, -0.2) is 0 Å². The fourth-order valence-corrected chi connectivity index (χ4v) is 1.36. The van der Waals surface area contributed by atoms with Gasteiger partial charge in [-0.1, -0.05) is 19.9 Å². The number of aliphatic hydroxyl groups is 1. The van der Waals surface area contributed by atoms with Gasteiger partial charge in [0.05, 0.1) is 6.61 Å². The van der Waals surface area contributed by atoms with Crippen LogP contribution in [0.2, 0.25) is 0 Å². The van der Waals surface area contributed by atoms with E-state index in [1.165, 1.54) is 4.90 Å². The van der Waals surface area contributed by atoms with Crippen molar-refractivity contribution in [1.29, 1.82) is 0 Å². The molecule has 1 N–H and O–H groups in total. The lowest BCUT2D eigenvalue weighted by atomic mass is 10.2. The Labute approximate surface area is 90.5 Å². The average molecular weight is 213 g/mol. The third-order valence-electron chi connectivity index (χ3n) is 2.39. The van der Waals surface area contributed by atoms with Crippen LogP contribution in [0.4, 0.5) is 0 Å². The summed E-state index contributed by atoms with van der Waals surface area (Å²) in [6, 6.07) is 0. The SMILES string of the molecule is C=C(C)C(=O)N(CCCC)C(O)C1CO1. The molecular formula is C11H19NO3. The zero-order valence-corrected chi connectivity index (χ0v) is 9.40. The maximum Gasteiger partial charge on any atom is 0.250 e. The Morgan fingerprint density at radius 2 is 2.33 bits per heavy atom. The van der Waals surface area contributed by atoms with Crippen LogP contribution >= 0.6 is 0 Å². The first-order valence-electron chi connectivity index (χ1n) is 5.34. The van der Waals surface area contributed by atoms with Crippen LogP contribution in [-0.4, -0.2) is 41.4 Å². The lowest BCUT2D eigenvalue weighted by Gasteiger charge is -2.27. The smallest absolute Gasteiger partial charge is 0.250 e. The largest absolute Gasteiger partial charge is 0.371 e. The molecular weight excluding hydrogens is 194 g/mol. The quantitative estimate of drug-likeness (QED) is 0.405. The summed E-state index contributed by atoms with van der Waals surface area (Å²) in [7, 11) is 0. The van der Waals surface area contributed by atoms with E-state index in [0.717, 1.165) is 12.8 Å². The summed E-state index contributed by atoms with van der Waals surface area (Å²) >= 11 is 0. The fraction of sp³-hybridized carbons (Fsp3) is 0.727. The van der Waals surface area contributed by atoms with Gasteiger partial charge in [-0.15, -0.1) is 0 Å². The molecule has 4 nitrogen and oxygen atoms in total.